The number of ether oxygens (including phenoxy) is 2. The predicted molar refractivity (Wildman–Crippen MR) is 252 cm³/mol. The molecule has 7 heterocycles. The highest BCUT2D eigenvalue weighted by atomic mass is 31.2. The predicted octanol–water partition coefficient (Wildman–Crippen LogP) is 11.7. The molecule has 5 aromatic carbocycles. The molecule has 20 bridgehead atoms. The molecular weight excluding hydrogens is 828 g/mol. The van der Waals surface area contributed by atoms with Crippen LogP contribution in [0, 0.1) is 0 Å². The van der Waals surface area contributed by atoms with E-state index >= 15 is 4.57 Å². The Bertz CT molecular complexity index is 3150. The van der Waals surface area contributed by atoms with Gasteiger partial charge in [0.15, 0.2) is 0 Å². The van der Waals surface area contributed by atoms with Gasteiger partial charge in [-0.25, -0.2) is 4.57 Å². The van der Waals surface area contributed by atoms with Gasteiger partial charge in [-0.2, -0.15) is 0 Å². The van der Waals surface area contributed by atoms with Crippen molar-refractivity contribution in [1.29, 1.82) is 0 Å². The van der Waals surface area contributed by atoms with Gasteiger partial charge < -0.3 is 38.5 Å². The Kier molecular flexibility index (Phi) is 8.50. The maximum absolute atomic E-state index is 15.4. The summed E-state index contributed by atoms with van der Waals surface area (Å²) in [5.74, 6) is 2.24. The van der Waals surface area contributed by atoms with E-state index in [1.54, 1.807) is 12.1 Å². The highest BCUT2D eigenvalue weighted by molar-refractivity contribution is 7.63. The molecule has 0 fully saturated rings. The molecule has 3 aliphatic heterocycles. The van der Waals surface area contributed by atoms with Crippen molar-refractivity contribution >= 4 is 12.9 Å². The first kappa shape index (κ1) is 39.3. The summed E-state index contributed by atoms with van der Waals surface area (Å²) in [7, 11) is -4.02. The highest BCUT2D eigenvalue weighted by Gasteiger charge is 2.45. The lowest BCUT2D eigenvalue weighted by Gasteiger charge is -2.34. The second-order valence-corrected chi connectivity index (χ2v) is 20.1. The Morgan fingerprint density at radius 2 is 0.662 bits per heavy atom. The maximum Gasteiger partial charge on any atom is 0.462 e. The van der Waals surface area contributed by atoms with Crippen molar-refractivity contribution in [2.75, 3.05) is 6.79 Å². The molecule has 0 saturated heterocycles. The minimum atomic E-state index is -4.02. The van der Waals surface area contributed by atoms with Crippen LogP contribution in [-0.2, 0) is 26.2 Å². The second-order valence-electron chi connectivity index (χ2n) is 18.2. The van der Waals surface area contributed by atoms with Gasteiger partial charge in [0.25, 0.3) is 0 Å². The molecule has 65 heavy (non-hydrogen) atoms. The topological polar surface area (TPSA) is 117 Å². The first-order chi connectivity index (χ1) is 31.5. The van der Waals surface area contributed by atoms with Crippen molar-refractivity contribution in [3.05, 3.63) is 244 Å². The fourth-order valence-corrected chi connectivity index (χ4v) is 12.0. The summed E-state index contributed by atoms with van der Waals surface area (Å²) in [5.41, 5.74) is 8.58. The molecule has 0 aliphatic carbocycles. The first-order valence-electron chi connectivity index (χ1n) is 22.0. The number of benzene rings is 5. The van der Waals surface area contributed by atoms with Gasteiger partial charge in [0.2, 0.25) is 6.79 Å². The van der Waals surface area contributed by atoms with Crippen molar-refractivity contribution < 1.29 is 23.1 Å². The second kappa shape index (κ2) is 14.1. The van der Waals surface area contributed by atoms with Crippen molar-refractivity contribution in [1.82, 2.24) is 19.9 Å². The maximum atomic E-state index is 15.4. The van der Waals surface area contributed by atoms with E-state index in [0.717, 1.165) is 67.8 Å². The molecule has 0 spiro atoms. The van der Waals surface area contributed by atoms with E-state index in [0.29, 0.717) is 28.3 Å². The van der Waals surface area contributed by atoms with Crippen molar-refractivity contribution in [2.24, 2.45) is 0 Å². The molecule has 1 unspecified atom stereocenters. The van der Waals surface area contributed by atoms with E-state index in [-0.39, 0.29) is 6.79 Å². The number of H-pyrrole nitrogens is 4. The van der Waals surface area contributed by atoms with Gasteiger partial charge in [-0.05, 0) is 159 Å². The molecule has 0 amide bonds. The van der Waals surface area contributed by atoms with Crippen LogP contribution in [0.15, 0.2) is 176 Å². The number of fused-ring (bicyclic) bond motifs is 20. The third kappa shape index (κ3) is 5.81. The molecule has 0 radical (unpaired) electrons. The molecule has 3 aliphatic rings. The molecule has 10 heteroatoms. The molecular formula is C55H47N4O5P. The molecule has 4 N–H and O–H groups in total. The first-order valence-corrected chi connectivity index (χ1v) is 23.5. The molecule has 322 valence electrons. The van der Waals surface area contributed by atoms with Gasteiger partial charge in [-0.3, -0.25) is 0 Å². The zero-order valence-corrected chi connectivity index (χ0v) is 37.3. The summed E-state index contributed by atoms with van der Waals surface area (Å²) >= 11 is 0. The summed E-state index contributed by atoms with van der Waals surface area (Å²) in [6.45, 7) is 9.00. The number of rotatable bonds is 1. The van der Waals surface area contributed by atoms with Crippen LogP contribution < -0.4 is 23.8 Å². The van der Waals surface area contributed by atoms with Crippen LogP contribution in [-0.4, -0.2) is 26.7 Å². The number of hydrogen-bond acceptors (Lipinski definition) is 5. The lowest BCUT2D eigenvalue weighted by molar-refractivity contribution is 0.119. The Hall–Kier alpha value is -7.35. The monoisotopic (exact) mass is 874 g/mol. The Balaban J connectivity index is 1.20. The fraction of sp³-hybridized carbons (Fsp3) is 0.164. The summed E-state index contributed by atoms with van der Waals surface area (Å²) in [4.78, 5) is 16.0. The van der Waals surface area contributed by atoms with Crippen molar-refractivity contribution in [3.63, 3.8) is 0 Å². The Morgan fingerprint density at radius 3 is 0.985 bits per heavy atom. The quantitative estimate of drug-likeness (QED) is 0.123. The summed E-state index contributed by atoms with van der Waals surface area (Å²) in [6.07, 6.45) is 0. The summed E-state index contributed by atoms with van der Waals surface area (Å²) in [6, 6.07) is 59.1. The number of aromatic nitrogens is 4. The molecule has 4 aromatic heterocycles. The number of hydrogen-bond donors (Lipinski definition) is 4. The van der Waals surface area contributed by atoms with Crippen molar-refractivity contribution in [3.8, 4) is 23.0 Å². The van der Waals surface area contributed by atoms with E-state index in [1.807, 2.05) is 78.9 Å². The fourth-order valence-electron chi connectivity index (χ4n) is 10.4. The smallest absolute Gasteiger partial charge is 0.457 e. The van der Waals surface area contributed by atoms with Gasteiger partial charge in [0.1, 0.15) is 23.0 Å². The highest BCUT2D eigenvalue weighted by Crippen LogP contribution is 2.52. The molecule has 0 saturated carbocycles. The van der Waals surface area contributed by atoms with E-state index in [4.69, 9.17) is 18.5 Å². The summed E-state index contributed by atoms with van der Waals surface area (Å²) < 4.78 is 41.3. The number of aromatic amines is 4. The average molecular weight is 875 g/mol. The SMILES string of the molecule is C[C@]12c3cccc(c3)OCOc3cccc(c3)[C@](C)(c3ccc1[nH]3)c1ccc([nH]1)[C@@]1(C)c3cccc(c3)OP(=O)(c3ccccc3)Oc3cccc(c3)[C@@](C)(c3ccc2[nH]3)c2ccc1[nH]2. The third-order valence-corrected chi connectivity index (χ3v) is 16.5. The zero-order chi connectivity index (χ0) is 44.2. The average Bonchev–Trinajstić information content (AvgIpc) is 4.19. The normalized spacial score (nSPS) is 25.1. The van der Waals surface area contributed by atoms with Crippen LogP contribution in [0.25, 0.3) is 0 Å². The van der Waals surface area contributed by atoms with E-state index in [9.17, 15) is 0 Å². The van der Waals surface area contributed by atoms with Crippen LogP contribution in [0.4, 0.5) is 0 Å². The minimum Gasteiger partial charge on any atom is -0.457 e. The Labute approximate surface area is 377 Å². The molecule has 9 aromatic rings. The van der Waals surface area contributed by atoms with Gasteiger partial charge in [0.05, 0.1) is 27.0 Å². The van der Waals surface area contributed by atoms with Gasteiger partial charge >= 0.3 is 7.60 Å². The molecule has 12 rings (SSSR count). The Morgan fingerprint density at radius 1 is 0.369 bits per heavy atom. The van der Waals surface area contributed by atoms with Gasteiger partial charge in [0, 0.05) is 45.6 Å². The number of nitrogens with one attached hydrogen (secondary N) is 4. The van der Waals surface area contributed by atoms with Gasteiger partial charge in [-0.15, -0.1) is 0 Å². The lowest BCUT2D eigenvalue weighted by Crippen LogP contribution is -2.32. The van der Waals surface area contributed by atoms with Crippen LogP contribution >= 0.6 is 7.60 Å². The lowest BCUT2D eigenvalue weighted by atomic mass is 9.76. The van der Waals surface area contributed by atoms with E-state index in [1.165, 1.54) is 0 Å². The van der Waals surface area contributed by atoms with Gasteiger partial charge in [-0.1, -0.05) is 66.7 Å². The van der Waals surface area contributed by atoms with Crippen LogP contribution in [0.2, 0.25) is 0 Å². The minimum absolute atomic E-state index is 0.0452. The molecule has 9 nitrogen and oxygen atoms in total. The van der Waals surface area contributed by atoms with Crippen LogP contribution in [0.3, 0.4) is 0 Å². The third-order valence-electron chi connectivity index (χ3n) is 14.7. The molecule has 5 atom stereocenters. The zero-order valence-electron chi connectivity index (χ0n) is 36.4. The van der Waals surface area contributed by atoms with E-state index in [2.05, 4.69) is 133 Å². The van der Waals surface area contributed by atoms with Crippen molar-refractivity contribution in [2.45, 2.75) is 49.4 Å². The van der Waals surface area contributed by atoms with Crippen LogP contribution in [0.5, 0.6) is 23.0 Å². The summed E-state index contributed by atoms with van der Waals surface area (Å²) in [5, 5.41) is 0.451. The van der Waals surface area contributed by atoms with E-state index < -0.39 is 29.3 Å². The standard InChI is InChI=1S/C55H47N4O5P/c1-52-35-12-8-16-39(30-35)61-34-62-40-17-9-13-36(31-40)53(2,45-23-22-44(52)56-45)47-25-27-49(58-47)55(4)38-15-11-19-42(33-38)64-65(60,43-20-6-5-7-21-43)63-41-18-10-14-37(32-41)54(3,48-26-24-46(52)57-48)50-28-29-51(55)59-50/h5-33,56-59H,34H2,1-4H3/t52-,53+,54-,55+,65?. The largest absolute Gasteiger partial charge is 0.462 e. The van der Waals surface area contributed by atoms with Crippen LogP contribution in [0.1, 0.15) is 95.5 Å².